The first-order valence-corrected chi connectivity index (χ1v) is 7.98. The van der Waals surface area contributed by atoms with Gasteiger partial charge in [0.05, 0.1) is 5.69 Å². The quantitative estimate of drug-likeness (QED) is 0.734. The van der Waals surface area contributed by atoms with Crippen molar-refractivity contribution in [2.75, 3.05) is 5.32 Å². The summed E-state index contributed by atoms with van der Waals surface area (Å²) in [6, 6.07) is 13.0. The Labute approximate surface area is 142 Å². The van der Waals surface area contributed by atoms with Crippen LogP contribution in [0.3, 0.4) is 0 Å². The van der Waals surface area contributed by atoms with Crippen molar-refractivity contribution in [3.05, 3.63) is 53.6 Å². The van der Waals surface area contributed by atoms with Gasteiger partial charge in [-0.3, -0.25) is 4.79 Å². The molecule has 0 bridgehead atoms. The van der Waals surface area contributed by atoms with Crippen molar-refractivity contribution in [3.8, 4) is 5.75 Å². The van der Waals surface area contributed by atoms with Crippen LogP contribution in [0.2, 0.25) is 5.02 Å². The van der Waals surface area contributed by atoms with Crippen molar-refractivity contribution in [2.45, 2.75) is 23.7 Å². The van der Waals surface area contributed by atoms with Gasteiger partial charge in [0, 0.05) is 9.92 Å². The van der Waals surface area contributed by atoms with Gasteiger partial charge in [0.15, 0.2) is 6.10 Å². The molecular formula is C16H14ClF2NO2S. The number of nitrogens with one attached hydrogen (secondary N) is 1. The molecular weight excluding hydrogens is 344 g/mol. The number of alkyl halides is 2. The smallest absolute Gasteiger partial charge is 0.288 e. The van der Waals surface area contributed by atoms with Crippen molar-refractivity contribution in [1.82, 2.24) is 0 Å². The van der Waals surface area contributed by atoms with Crippen molar-refractivity contribution in [2.24, 2.45) is 0 Å². The lowest BCUT2D eigenvalue weighted by molar-refractivity contribution is -0.122. The number of benzene rings is 2. The Morgan fingerprint density at radius 2 is 1.83 bits per heavy atom. The summed E-state index contributed by atoms with van der Waals surface area (Å²) in [5.41, 5.74) is 0.328. The maximum absolute atomic E-state index is 12.5. The predicted octanol–water partition coefficient (Wildman–Crippen LogP) is 5.06. The molecule has 0 aromatic heterocycles. The zero-order chi connectivity index (χ0) is 16.8. The Balaban J connectivity index is 2.02. The average molecular weight is 358 g/mol. The summed E-state index contributed by atoms with van der Waals surface area (Å²) < 4.78 is 30.6. The summed E-state index contributed by atoms with van der Waals surface area (Å²) in [5, 5.41) is 3.17. The highest BCUT2D eigenvalue weighted by molar-refractivity contribution is 7.99. The van der Waals surface area contributed by atoms with E-state index in [0.717, 1.165) is 0 Å². The summed E-state index contributed by atoms with van der Waals surface area (Å²) in [7, 11) is 0. The molecule has 0 aliphatic heterocycles. The number of para-hydroxylation sites is 1. The molecule has 3 nitrogen and oxygen atoms in total. The van der Waals surface area contributed by atoms with Gasteiger partial charge >= 0.3 is 0 Å². The summed E-state index contributed by atoms with van der Waals surface area (Å²) in [6.45, 7) is 1.58. The molecule has 0 spiro atoms. The SMILES string of the molecule is C[C@@H](Oc1ccc(Cl)cc1)C(=O)Nc1ccccc1SC(F)F. The van der Waals surface area contributed by atoms with Crippen LogP contribution in [0.4, 0.5) is 14.5 Å². The van der Waals surface area contributed by atoms with Gasteiger partial charge in [-0.25, -0.2) is 0 Å². The Morgan fingerprint density at radius 3 is 2.48 bits per heavy atom. The molecule has 0 aliphatic carbocycles. The summed E-state index contributed by atoms with van der Waals surface area (Å²) in [5.74, 6) is -2.50. The first-order valence-electron chi connectivity index (χ1n) is 6.72. The van der Waals surface area contributed by atoms with E-state index in [-0.39, 0.29) is 0 Å². The lowest BCUT2D eigenvalue weighted by Crippen LogP contribution is -2.30. The van der Waals surface area contributed by atoms with Gasteiger partial charge in [0.25, 0.3) is 11.7 Å². The zero-order valence-corrected chi connectivity index (χ0v) is 13.7. The number of amides is 1. The van der Waals surface area contributed by atoms with E-state index in [1.165, 1.54) is 6.07 Å². The molecule has 0 aliphatic rings. The van der Waals surface area contributed by atoms with E-state index in [9.17, 15) is 13.6 Å². The average Bonchev–Trinajstić information content (AvgIpc) is 2.51. The number of hydrogen-bond donors (Lipinski definition) is 1. The summed E-state index contributed by atoms with van der Waals surface area (Å²) in [6.07, 6.45) is -0.791. The van der Waals surface area contributed by atoms with E-state index in [2.05, 4.69) is 5.32 Å². The number of halogens is 3. The highest BCUT2D eigenvalue weighted by atomic mass is 35.5. The van der Waals surface area contributed by atoms with Gasteiger partial charge in [-0.05, 0) is 43.3 Å². The molecule has 0 saturated carbocycles. The van der Waals surface area contributed by atoms with Crippen LogP contribution in [0.15, 0.2) is 53.4 Å². The van der Waals surface area contributed by atoms with Crippen LogP contribution < -0.4 is 10.1 Å². The largest absolute Gasteiger partial charge is 0.481 e. The third kappa shape index (κ3) is 5.41. The molecule has 0 fully saturated rings. The molecule has 0 unspecified atom stereocenters. The fraction of sp³-hybridized carbons (Fsp3) is 0.188. The molecule has 0 saturated heterocycles. The number of hydrogen-bond acceptors (Lipinski definition) is 3. The first-order chi connectivity index (χ1) is 11.0. The van der Waals surface area contributed by atoms with Gasteiger partial charge < -0.3 is 10.1 Å². The minimum absolute atomic E-state index is 0.301. The van der Waals surface area contributed by atoms with E-state index in [4.69, 9.17) is 16.3 Å². The minimum atomic E-state index is -2.56. The normalized spacial score (nSPS) is 12.0. The Morgan fingerprint density at radius 1 is 1.17 bits per heavy atom. The van der Waals surface area contributed by atoms with E-state index in [1.54, 1.807) is 49.4 Å². The second-order valence-electron chi connectivity index (χ2n) is 4.58. The molecule has 1 atom stereocenters. The summed E-state index contributed by atoms with van der Waals surface area (Å²) >= 11 is 6.16. The molecule has 2 aromatic rings. The maximum atomic E-state index is 12.5. The van der Waals surface area contributed by atoms with E-state index in [1.807, 2.05) is 0 Å². The monoisotopic (exact) mass is 357 g/mol. The third-order valence-corrected chi connectivity index (χ3v) is 3.90. The van der Waals surface area contributed by atoms with E-state index in [0.29, 0.717) is 33.1 Å². The number of carbonyl (C=O) groups is 1. The first kappa shape index (κ1) is 17.6. The molecule has 2 aromatic carbocycles. The van der Waals surface area contributed by atoms with Gasteiger partial charge in [0.2, 0.25) is 0 Å². The topological polar surface area (TPSA) is 38.3 Å². The van der Waals surface area contributed by atoms with Crippen molar-refractivity contribution < 1.29 is 18.3 Å². The van der Waals surface area contributed by atoms with E-state index < -0.39 is 17.8 Å². The summed E-state index contributed by atoms with van der Waals surface area (Å²) in [4.78, 5) is 12.5. The molecule has 2 rings (SSSR count). The number of carbonyl (C=O) groups excluding carboxylic acids is 1. The van der Waals surface area contributed by atoms with Crippen LogP contribution in [-0.4, -0.2) is 17.8 Å². The second-order valence-corrected chi connectivity index (χ2v) is 6.05. The molecule has 0 radical (unpaired) electrons. The number of thioether (sulfide) groups is 1. The zero-order valence-electron chi connectivity index (χ0n) is 12.1. The highest BCUT2D eigenvalue weighted by Gasteiger charge is 2.17. The van der Waals surface area contributed by atoms with Crippen molar-refractivity contribution >= 4 is 35.0 Å². The number of ether oxygens (including phenoxy) is 1. The van der Waals surface area contributed by atoms with E-state index >= 15 is 0 Å². The molecule has 23 heavy (non-hydrogen) atoms. The van der Waals surface area contributed by atoms with Crippen LogP contribution in [0, 0.1) is 0 Å². The minimum Gasteiger partial charge on any atom is -0.481 e. The second kappa shape index (κ2) is 8.17. The molecule has 0 heterocycles. The van der Waals surface area contributed by atoms with Crippen LogP contribution in [-0.2, 0) is 4.79 Å². The van der Waals surface area contributed by atoms with Crippen LogP contribution in [0.1, 0.15) is 6.92 Å². The molecule has 7 heteroatoms. The predicted molar refractivity (Wildman–Crippen MR) is 88.5 cm³/mol. The van der Waals surface area contributed by atoms with Crippen LogP contribution in [0.25, 0.3) is 0 Å². The van der Waals surface area contributed by atoms with Gasteiger partial charge in [-0.1, -0.05) is 35.5 Å². The maximum Gasteiger partial charge on any atom is 0.288 e. The molecule has 122 valence electrons. The fourth-order valence-corrected chi connectivity index (χ4v) is 2.49. The fourth-order valence-electron chi connectivity index (χ4n) is 1.77. The van der Waals surface area contributed by atoms with Crippen LogP contribution in [0.5, 0.6) is 5.75 Å². The lowest BCUT2D eigenvalue weighted by atomic mass is 10.3. The van der Waals surface area contributed by atoms with Crippen molar-refractivity contribution in [1.29, 1.82) is 0 Å². The Hall–Kier alpha value is -1.79. The van der Waals surface area contributed by atoms with Gasteiger partial charge in [-0.15, -0.1) is 0 Å². The van der Waals surface area contributed by atoms with Gasteiger partial charge in [-0.2, -0.15) is 8.78 Å². The third-order valence-electron chi connectivity index (χ3n) is 2.86. The lowest BCUT2D eigenvalue weighted by Gasteiger charge is -2.16. The Bertz CT molecular complexity index is 667. The molecule has 1 amide bonds. The number of rotatable bonds is 6. The number of anilines is 1. The standard InChI is InChI=1S/C16H14ClF2NO2S/c1-10(22-12-8-6-11(17)7-9-12)15(21)20-13-4-2-3-5-14(13)23-16(18)19/h2-10,16H,1H3,(H,20,21)/t10-/m1/s1. The highest BCUT2D eigenvalue weighted by Crippen LogP contribution is 2.31. The molecule has 1 N–H and O–H groups in total. The van der Waals surface area contributed by atoms with Crippen LogP contribution >= 0.6 is 23.4 Å². The Kier molecular flexibility index (Phi) is 6.24. The van der Waals surface area contributed by atoms with Gasteiger partial charge in [0.1, 0.15) is 5.75 Å². The van der Waals surface area contributed by atoms with Crippen molar-refractivity contribution in [3.63, 3.8) is 0 Å².